The third-order valence-electron chi connectivity index (χ3n) is 1.21. The van der Waals surface area contributed by atoms with Crippen molar-refractivity contribution >= 4 is 23.2 Å². The van der Waals surface area contributed by atoms with E-state index in [2.05, 4.69) is 26.9 Å². The number of aromatic nitrogens is 1. The van der Waals surface area contributed by atoms with Crippen LogP contribution in [0, 0.1) is 11.8 Å². The molecular weight excluding hydrogens is 223 g/mol. The molecule has 0 aromatic carbocycles. The fraction of sp³-hybridized carbons (Fsp3) is 0.125. The number of hydrogen-bond donors (Lipinski definition) is 0. The van der Waals surface area contributed by atoms with E-state index in [1.165, 1.54) is 0 Å². The normalized spacial score (nSPS) is 8.43. The molecule has 1 aromatic rings. The third-order valence-corrected chi connectivity index (χ3v) is 1.60. The summed E-state index contributed by atoms with van der Waals surface area (Å²) in [5.41, 5.74) is 8.63. The number of rotatable bonds is 1. The van der Waals surface area contributed by atoms with Gasteiger partial charge in [-0.1, -0.05) is 40.2 Å². The van der Waals surface area contributed by atoms with Gasteiger partial charge in [-0.25, -0.2) is 4.98 Å². The highest BCUT2D eigenvalue weighted by atomic mass is 35.5. The van der Waals surface area contributed by atoms with E-state index < -0.39 is 0 Å². The van der Waals surface area contributed by atoms with Crippen LogP contribution in [-0.2, 0) is 0 Å². The molecule has 0 N–H and O–H groups in total. The molecule has 0 aliphatic heterocycles. The van der Waals surface area contributed by atoms with Gasteiger partial charge in [0.1, 0.15) is 10.3 Å². The van der Waals surface area contributed by atoms with Crippen molar-refractivity contribution < 1.29 is 0 Å². The highest BCUT2D eigenvalue weighted by Crippen LogP contribution is 2.13. The molecule has 0 spiro atoms. The topological polar surface area (TPSA) is 61.7 Å². The Morgan fingerprint density at radius 1 is 1.43 bits per heavy atom. The van der Waals surface area contributed by atoms with E-state index in [-0.39, 0.29) is 16.9 Å². The summed E-state index contributed by atoms with van der Waals surface area (Å²) in [6, 6.07) is 3.16. The second-order valence-corrected chi connectivity index (χ2v) is 2.97. The molecule has 70 valence electrons. The Morgan fingerprint density at radius 3 is 2.64 bits per heavy atom. The fourth-order valence-electron chi connectivity index (χ4n) is 0.746. The van der Waals surface area contributed by atoms with E-state index in [0.29, 0.717) is 5.56 Å². The van der Waals surface area contributed by atoms with Gasteiger partial charge in [0.15, 0.2) is 0 Å². The smallest absolute Gasteiger partial charge is 0.132 e. The van der Waals surface area contributed by atoms with Gasteiger partial charge < -0.3 is 0 Å². The van der Waals surface area contributed by atoms with E-state index in [1.807, 2.05) is 0 Å². The zero-order valence-corrected chi connectivity index (χ0v) is 8.42. The van der Waals surface area contributed by atoms with E-state index >= 15 is 0 Å². The van der Waals surface area contributed by atoms with Crippen molar-refractivity contribution in [3.05, 3.63) is 38.4 Å². The molecule has 0 bridgehead atoms. The van der Waals surface area contributed by atoms with E-state index in [9.17, 15) is 0 Å². The van der Waals surface area contributed by atoms with Crippen molar-refractivity contribution in [2.24, 2.45) is 5.11 Å². The molecule has 0 amide bonds. The van der Waals surface area contributed by atoms with Crippen LogP contribution in [0.2, 0.25) is 10.3 Å². The minimum absolute atomic E-state index is 0.119. The summed E-state index contributed by atoms with van der Waals surface area (Å²) in [5, 5.41) is 3.82. The van der Waals surface area contributed by atoms with Crippen LogP contribution >= 0.6 is 23.2 Å². The van der Waals surface area contributed by atoms with Gasteiger partial charge in [0.05, 0.1) is 6.54 Å². The molecule has 0 fully saturated rings. The summed E-state index contributed by atoms with van der Waals surface area (Å²) in [6.07, 6.45) is 0. The van der Waals surface area contributed by atoms with Crippen molar-refractivity contribution in [1.82, 2.24) is 4.98 Å². The van der Waals surface area contributed by atoms with Gasteiger partial charge in [-0.05, 0) is 17.7 Å². The fourth-order valence-corrected chi connectivity index (χ4v) is 1.21. The lowest BCUT2D eigenvalue weighted by Gasteiger charge is -1.92. The zero-order chi connectivity index (χ0) is 10.4. The van der Waals surface area contributed by atoms with Gasteiger partial charge in [-0.3, -0.25) is 0 Å². The van der Waals surface area contributed by atoms with Gasteiger partial charge >= 0.3 is 0 Å². The number of halogens is 2. The van der Waals surface area contributed by atoms with Gasteiger partial charge in [0.25, 0.3) is 0 Å². The van der Waals surface area contributed by atoms with Crippen LogP contribution in [0.15, 0.2) is 17.2 Å². The molecule has 1 heterocycles. The Kier molecular flexibility index (Phi) is 4.09. The Hall–Kier alpha value is -1.40. The number of pyridine rings is 1. The van der Waals surface area contributed by atoms with Crippen LogP contribution in [0.1, 0.15) is 5.56 Å². The largest absolute Gasteiger partial charge is 0.224 e. The molecule has 1 rings (SSSR count). The van der Waals surface area contributed by atoms with Crippen LogP contribution in [0.4, 0.5) is 0 Å². The van der Waals surface area contributed by atoms with Crippen molar-refractivity contribution in [2.45, 2.75) is 0 Å². The first kappa shape index (κ1) is 10.7. The summed E-state index contributed by atoms with van der Waals surface area (Å²) in [4.78, 5) is 6.32. The monoisotopic (exact) mass is 226 g/mol. The van der Waals surface area contributed by atoms with Gasteiger partial charge in [0, 0.05) is 10.5 Å². The minimum Gasteiger partial charge on any atom is -0.224 e. The molecule has 4 nitrogen and oxygen atoms in total. The van der Waals surface area contributed by atoms with Crippen LogP contribution in [0.3, 0.4) is 0 Å². The number of nitrogens with zero attached hydrogens (tertiary/aromatic N) is 4. The van der Waals surface area contributed by atoms with Crippen molar-refractivity contribution in [3.8, 4) is 11.8 Å². The SMILES string of the molecule is [N-]=[N+]=NCC#Cc1cc(Cl)nc(Cl)c1. The predicted octanol–water partition coefficient (Wildman–Crippen LogP) is 3.05. The van der Waals surface area contributed by atoms with Crippen LogP contribution in [0.25, 0.3) is 10.4 Å². The maximum atomic E-state index is 7.99. The second-order valence-electron chi connectivity index (χ2n) is 2.19. The van der Waals surface area contributed by atoms with Gasteiger partial charge in [-0.2, -0.15) is 0 Å². The quantitative estimate of drug-likeness (QED) is 0.239. The van der Waals surface area contributed by atoms with Crippen LogP contribution in [0.5, 0.6) is 0 Å². The summed E-state index contributed by atoms with van der Waals surface area (Å²) < 4.78 is 0. The first-order valence-corrected chi connectivity index (χ1v) is 4.31. The standard InChI is InChI=1S/C8H4Cl2N4/c9-7-4-6(5-8(10)13-7)2-1-3-12-14-11/h4-5H,3H2. The lowest BCUT2D eigenvalue weighted by atomic mass is 10.3. The Morgan fingerprint density at radius 2 is 2.07 bits per heavy atom. The highest BCUT2D eigenvalue weighted by molar-refractivity contribution is 6.32. The van der Waals surface area contributed by atoms with E-state index in [1.54, 1.807) is 12.1 Å². The lowest BCUT2D eigenvalue weighted by Crippen LogP contribution is -1.81. The summed E-state index contributed by atoms with van der Waals surface area (Å²) >= 11 is 11.3. The Labute approximate surface area is 90.5 Å². The number of hydrogen-bond acceptors (Lipinski definition) is 2. The van der Waals surface area contributed by atoms with E-state index in [4.69, 9.17) is 28.7 Å². The third kappa shape index (κ3) is 3.55. The molecule has 0 radical (unpaired) electrons. The summed E-state index contributed by atoms with van der Waals surface area (Å²) in [6.45, 7) is 0.119. The molecule has 14 heavy (non-hydrogen) atoms. The molecule has 6 heteroatoms. The molecule has 0 aliphatic rings. The molecule has 1 aromatic heterocycles. The van der Waals surface area contributed by atoms with Crippen LogP contribution in [-0.4, -0.2) is 11.5 Å². The second kappa shape index (κ2) is 5.36. The predicted molar refractivity (Wildman–Crippen MR) is 55.1 cm³/mol. The molecule has 0 unspecified atom stereocenters. The summed E-state index contributed by atoms with van der Waals surface area (Å²) in [7, 11) is 0. The maximum absolute atomic E-state index is 7.99. The number of azide groups is 1. The average molecular weight is 227 g/mol. The first-order valence-electron chi connectivity index (χ1n) is 3.55. The molecule has 0 atom stereocenters. The Bertz CT molecular complexity index is 420. The molecule has 0 aliphatic carbocycles. The molecule has 0 saturated carbocycles. The zero-order valence-electron chi connectivity index (χ0n) is 6.91. The van der Waals surface area contributed by atoms with Crippen molar-refractivity contribution in [2.75, 3.05) is 6.54 Å². The van der Waals surface area contributed by atoms with Crippen LogP contribution < -0.4 is 0 Å². The lowest BCUT2D eigenvalue weighted by molar-refractivity contribution is 1.25. The minimum atomic E-state index is 0.119. The molecular formula is C8H4Cl2N4. The van der Waals surface area contributed by atoms with Crippen molar-refractivity contribution in [1.29, 1.82) is 0 Å². The van der Waals surface area contributed by atoms with Gasteiger partial charge in [-0.15, -0.1) is 0 Å². The Balaban J connectivity index is 2.84. The van der Waals surface area contributed by atoms with E-state index in [0.717, 1.165) is 0 Å². The molecule has 0 saturated heterocycles. The highest BCUT2D eigenvalue weighted by Gasteiger charge is 1.95. The van der Waals surface area contributed by atoms with Crippen molar-refractivity contribution in [3.63, 3.8) is 0 Å². The maximum Gasteiger partial charge on any atom is 0.132 e. The first-order chi connectivity index (χ1) is 6.72. The average Bonchev–Trinajstić information content (AvgIpc) is 2.11. The summed E-state index contributed by atoms with van der Waals surface area (Å²) in [5.74, 6) is 5.38. The van der Waals surface area contributed by atoms with Gasteiger partial charge in [0.2, 0.25) is 0 Å².